The second-order valence-electron chi connectivity index (χ2n) is 3.51. The fraction of sp³-hybridized carbons (Fsp3) is 0.364. The Morgan fingerprint density at radius 3 is 2.38 bits per heavy atom. The molecular weight excluding hydrogens is 291 g/mol. The number of hydrogen-bond acceptors (Lipinski definition) is 2. The van der Waals surface area contributed by atoms with Gasteiger partial charge in [-0.05, 0) is 31.2 Å². The smallest absolute Gasteiger partial charge is 0.253 e. The zero-order valence-electron chi connectivity index (χ0n) is 9.31. The first-order valence-corrected chi connectivity index (χ1v) is 5.58. The van der Waals surface area contributed by atoms with Gasteiger partial charge in [0.05, 0.1) is 0 Å². The van der Waals surface area contributed by atoms with Crippen LogP contribution in [0.1, 0.15) is 17.3 Å². The summed E-state index contributed by atoms with van der Waals surface area (Å²) in [5, 5.41) is 0. The maximum Gasteiger partial charge on any atom is 0.253 e. The standard InChI is InChI=1S/C11H15BrN2O.ClH/c1-8(7-13)14(2)11(15)9-3-5-10(12)6-4-9;/h3-6,8H,7,13H2,1-2H3;1H. The molecule has 5 heteroatoms. The van der Waals surface area contributed by atoms with Crippen LogP contribution < -0.4 is 5.73 Å². The monoisotopic (exact) mass is 306 g/mol. The first-order chi connectivity index (χ1) is 7.06. The zero-order chi connectivity index (χ0) is 11.4. The second-order valence-corrected chi connectivity index (χ2v) is 4.42. The number of nitrogens with zero attached hydrogens (tertiary/aromatic N) is 1. The molecule has 90 valence electrons. The van der Waals surface area contributed by atoms with Gasteiger partial charge in [0.2, 0.25) is 0 Å². The Labute approximate surface area is 111 Å². The highest BCUT2D eigenvalue weighted by molar-refractivity contribution is 9.10. The number of hydrogen-bond donors (Lipinski definition) is 1. The van der Waals surface area contributed by atoms with Crippen molar-refractivity contribution in [2.45, 2.75) is 13.0 Å². The van der Waals surface area contributed by atoms with E-state index in [9.17, 15) is 4.79 Å². The molecule has 1 aromatic carbocycles. The number of carbonyl (C=O) groups is 1. The number of halogens is 2. The van der Waals surface area contributed by atoms with E-state index in [1.54, 1.807) is 24.1 Å². The van der Waals surface area contributed by atoms with Gasteiger partial charge in [0, 0.05) is 29.7 Å². The van der Waals surface area contributed by atoms with Gasteiger partial charge in [0.25, 0.3) is 5.91 Å². The predicted octanol–water partition coefficient (Wildman–Crippen LogP) is 2.29. The maximum absolute atomic E-state index is 11.9. The Morgan fingerprint density at radius 2 is 1.94 bits per heavy atom. The molecule has 0 aliphatic rings. The Hall–Kier alpha value is -0.580. The highest BCUT2D eigenvalue weighted by Gasteiger charge is 2.15. The van der Waals surface area contributed by atoms with Crippen LogP contribution >= 0.6 is 28.3 Å². The Balaban J connectivity index is 0.00000225. The normalized spacial score (nSPS) is 11.5. The van der Waals surface area contributed by atoms with E-state index in [1.807, 2.05) is 19.1 Å². The van der Waals surface area contributed by atoms with Gasteiger partial charge in [-0.3, -0.25) is 4.79 Å². The van der Waals surface area contributed by atoms with Gasteiger partial charge in [-0.25, -0.2) is 0 Å². The molecule has 1 rings (SSSR count). The summed E-state index contributed by atoms with van der Waals surface area (Å²) in [4.78, 5) is 13.6. The lowest BCUT2D eigenvalue weighted by atomic mass is 10.2. The lowest BCUT2D eigenvalue weighted by Gasteiger charge is -2.23. The van der Waals surface area contributed by atoms with Gasteiger partial charge in [-0.1, -0.05) is 15.9 Å². The highest BCUT2D eigenvalue weighted by atomic mass is 79.9. The molecule has 1 amide bonds. The highest BCUT2D eigenvalue weighted by Crippen LogP contribution is 2.12. The average Bonchev–Trinajstić information content (AvgIpc) is 2.27. The lowest BCUT2D eigenvalue weighted by Crippen LogP contribution is -2.39. The molecule has 0 heterocycles. The minimum absolute atomic E-state index is 0. The third kappa shape index (κ3) is 3.77. The number of benzene rings is 1. The van der Waals surface area contributed by atoms with Crippen LogP contribution in [0, 0.1) is 0 Å². The van der Waals surface area contributed by atoms with E-state index in [-0.39, 0.29) is 24.4 Å². The van der Waals surface area contributed by atoms with Crippen LogP contribution in [0.3, 0.4) is 0 Å². The molecule has 1 atom stereocenters. The summed E-state index contributed by atoms with van der Waals surface area (Å²) >= 11 is 3.33. The van der Waals surface area contributed by atoms with E-state index < -0.39 is 0 Å². The van der Waals surface area contributed by atoms with Gasteiger partial charge in [0.15, 0.2) is 0 Å². The molecule has 0 bridgehead atoms. The van der Waals surface area contributed by atoms with E-state index >= 15 is 0 Å². The average molecular weight is 308 g/mol. The first-order valence-electron chi connectivity index (χ1n) is 4.79. The number of carbonyl (C=O) groups excluding carboxylic acids is 1. The molecule has 0 aliphatic heterocycles. The van der Waals surface area contributed by atoms with E-state index in [0.717, 1.165) is 4.47 Å². The molecule has 0 spiro atoms. The van der Waals surface area contributed by atoms with Gasteiger partial charge < -0.3 is 10.6 Å². The van der Waals surface area contributed by atoms with Crippen LogP contribution in [0.25, 0.3) is 0 Å². The van der Waals surface area contributed by atoms with Gasteiger partial charge >= 0.3 is 0 Å². The number of rotatable bonds is 3. The maximum atomic E-state index is 11.9. The predicted molar refractivity (Wildman–Crippen MR) is 72.0 cm³/mol. The van der Waals surface area contributed by atoms with Gasteiger partial charge in [-0.2, -0.15) is 0 Å². The molecule has 0 aromatic heterocycles. The van der Waals surface area contributed by atoms with Crippen molar-refractivity contribution in [3.05, 3.63) is 34.3 Å². The Morgan fingerprint density at radius 1 is 1.44 bits per heavy atom. The fourth-order valence-corrected chi connectivity index (χ4v) is 1.42. The number of nitrogens with two attached hydrogens (primary N) is 1. The summed E-state index contributed by atoms with van der Waals surface area (Å²) in [7, 11) is 1.77. The van der Waals surface area contributed by atoms with Crippen LogP contribution in [0.15, 0.2) is 28.7 Å². The van der Waals surface area contributed by atoms with E-state index in [0.29, 0.717) is 12.1 Å². The molecule has 0 saturated carbocycles. The van der Waals surface area contributed by atoms with Crippen LogP contribution in [0.5, 0.6) is 0 Å². The molecule has 2 N–H and O–H groups in total. The summed E-state index contributed by atoms with van der Waals surface area (Å²) in [6.07, 6.45) is 0. The SMILES string of the molecule is CC(CN)N(C)C(=O)c1ccc(Br)cc1.Cl. The van der Waals surface area contributed by atoms with Crippen molar-refractivity contribution in [1.29, 1.82) is 0 Å². The van der Waals surface area contributed by atoms with Gasteiger partial charge in [0.1, 0.15) is 0 Å². The molecule has 1 aromatic rings. The third-order valence-corrected chi connectivity index (χ3v) is 2.94. The molecule has 0 radical (unpaired) electrons. The third-order valence-electron chi connectivity index (χ3n) is 2.41. The first kappa shape index (κ1) is 15.4. The Bertz CT molecular complexity index is 342. The zero-order valence-corrected chi connectivity index (χ0v) is 11.7. The van der Waals surface area contributed by atoms with Crippen LogP contribution in [0.2, 0.25) is 0 Å². The topological polar surface area (TPSA) is 46.3 Å². The van der Waals surface area contributed by atoms with Crippen LogP contribution in [0.4, 0.5) is 0 Å². The quantitative estimate of drug-likeness (QED) is 0.931. The molecular formula is C11H16BrClN2O. The Kier molecular flexibility index (Phi) is 6.64. The molecule has 0 saturated heterocycles. The van der Waals surface area contributed by atoms with E-state index in [2.05, 4.69) is 15.9 Å². The minimum Gasteiger partial charge on any atom is -0.338 e. The summed E-state index contributed by atoms with van der Waals surface area (Å²) < 4.78 is 0.966. The molecule has 0 aliphatic carbocycles. The minimum atomic E-state index is 0. The summed E-state index contributed by atoms with van der Waals surface area (Å²) in [6.45, 7) is 2.40. The van der Waals surface area contributed by atoms with Crippen LogP contribution in [-0.2, 0) is 0 Å². The van der Waals surface area contributed by atoms with Crippen molar-refractivity contribution < 1.29 is 4.79 Å². The summed E-state index contributed by atoms with van der Waals surface area (Å²) in [6, 6.07) is 7.36. The second kappa shape index (κ2) is 6.89. The van der Waals surface area contributed by atoms with Crippen molar-refractivity contribution in [3.63, 3.8) is 0 Å². The molecule has 1 unspecified atom stereocenters. The van der Waals surface area contributed by atoms with Crippen molar-refractivity contribution >= 4 is 34.2 Å². The van der Waals surface area contributed by atoms with E-state index in [1.165, 1.54) is 0 Å². The molecule has 16 heavy (non-hydrogen) atoms. The van der Waals surface area contributed by atoms with Gasteiger partial charge in [-0.15, -0.1) is 12.4 Å². The fourth-order valence-electron chi connectivity index (χ4n) is 1.15. The van der Waals surface area contributed by atoms with Crippen molar-refractivity contribution in [2.24, 2.45) is 5.73 Å². The molecule has 0 fully saturated rings. The van der Waals surface area contributed by atoms with E-state index in [4.69, 9.17) is 5.73 Å². The van der Waals surface area contributed by atoms with Crippen molar-refractivity contribution in [3.8, 4) is 0 Å². The number of amides is 1. The van der Waals surface area contributed by atoms with Crippen molar-refractivity contribution in [1.82, 2.24) is 4.90 Å². The lowest BCUT2D eigenvalue weighted by molar-refractivity contribution is 0.0748. The molecule has 3 nitrogen and oxygen atoms in total. The summed E-state index contributed by atoms with van der Waals surface area (Å²) in [5.41, 5.74) is 6.19. The van der Waals surface area contributed by atoms with Crippen molar-refractivity contribution in [2.75, 3.05) is 13.6 Å². The number of likely N-dealkylation sites (N-methyl/N-ethyl adjacent to an activating group) is 1. The summed E-state index contributed by atoms with van der Waals surface area (Å²) in [5.74, 6) is 0.000417. The largest absolute Gasteiger partial charge is 0.338 e. The van der Waals surface area contributed by atoms with Crippen LogP contribution in [-0.4, -0.2) is 30.4 Å².